The van der Waals surface area contributed by atoms with Crippen molar-refractivity contribution in [2.45, 2.75) is 51.8 Å². The van der Waals surface area contributed by atoms with Gasteiger partial charge in [0.25, 0.3) is 0 Å². The zero-order valence-corrected chi connectivity index (χ0v) is 13.0. The minimum Gasteiger partial charge on any atom is -0.481 e. The molecule has 5 heteroatoms. The summed E-state index contributed by atoms with van der Waals surface area (Å²) >= 11 is 0. The summed E-state index contributed by atoms with van der Waals surface area (Å²) in [6.07, 6.45) is -0.978. The van der Waals surface area contributed by atoms with Crippen LogP contribution in [0.3, 0.4) is 0 Å². The molecular weight excluding hydrogens is 284 g/mol. The van der Waals surface area contributed by atoms with Crippen molar-refractivity contribution in [1.29, 1.82) is 0 Å². The van der Waals surface area contributed by atoms with Crippen LogP contribution in [-0.2, 0) is 20.9 Å². The molecular formula is C17H24O5. The summed E-state index contributed by atoms with van der Waals surface area (Å²) in [7, 11) is 0. The molecule has 1 heterocycles. The number of carbonyl (C=O) groups is 1. The third-order valence-electron chi connectivity index (χ3n) is 4.31. The van der Waals surface area contributed by atoms with E-state index in [9.17, 15) is 9.90 Å². The van der Waals surface area contributed by atoms with Crippen molar-refractivity contribution in [3.05, 3.63) is 35.9 Å². The van der Waals surface area contributed by atoms with Crippen LogP contribution in [-0.4, -0.2) is 34.7 Å². The van der Waals surface area contributed by atoms with Crippen LogP contribution in [0.15, 0.2) is 30.3 Å². The second-order valence-electron chi connectivity index (χ2n) is 5.86. The topological polar surface area (TPSA) is 76.0 Å². The quantitative estimate of drug-likeness (QED) is 0.844. The summed E-state index contributed by atoms with van der Waals surface area (Å²) in [5.74, 6) is -1.48. The number of aliphatic hydroxyl groups excluding tert-OH is 1. The van der Waals surface area contributed by atoms with Gasteiger partial charge in [0.05, 0.1) is 25.2 Å². The van der Waals surface area contributed by atoms with Crippen molar-refractivity contribution in [2.24, 2.45) is 11.8 Å². The summed E-state index contributed by atoms with van der Waals surface area (Å²) < 4.78 is 11.5. The highest BCUT2D eigenvalue weighted by Gasteiger charge is 2.44. The molecule has 1 saturated heterocycles. The Hall–Kier alpha value is -1.43. The van der Waals surface area contributed by atoms with Crippen LogP contribution in [0.5, 0.6) is 0 Å². The summed E-state index contributed by atoms with van der Waals surface area (Å²) in [5.41, 5.74) is 1.03. The number of aliphatic carboxylic acids is 1. The number of rotatable bonds is 6. The Bertz CT molecular complexity index is 475. The van der Waals surface area contributed by atoms with Gasteiger partial charge in [0.1, 0.15) is 0 Å². The zero-order valence-electron chi connectivity index (χ0n) is 13.0. The number of aliphatic hydroxyl groups is 1. The smallest absolute Gasteiger partial charge is 0.303 e. The van der Waals surface area contributed by atoms with E-state index in [2.05, 4.69) is 0 Å². The van der Waals surface area contributed by atoms with Crippen LogP contribution in [0, 0.1) is 11.8 Å². The molecule has 1 aromatic carbocycles. The SMILES string of the molecule is CC[C@H]1OC(O)[C@H](CC(=O)O)[C@@H](OCc2ccccc2)[C@H]1C. The van der Waals surface area contributed by atoms with E-state index < -0.39 is 18.2 Å². The highest BCUT2D eigenvalue weighted by atomic mass is 16.6. The first kappa shape index (κ1) is 16.9. The number of carboxylic acids is 1. The van der Waals surface area contributed by atoms with Crippen molar-refractivity contribution in [1.82, 2.24) is 0 Å². The Labute approximate surface area is 130 Å². The van der Waals surface area contributed by atoms with Gasteiger partial charge >= 0.3 is 5.97 Å². The molecule has 0 amide bonds. The van der Waals surface area contributed by atoms with Gasteiger partial charge < -0.3 is 19.7 Å². The Balaban J connectivity index is 2.10. The molecule has 1 aliphatic rings. The van der Waals surface area contributed by atoms with E-state index in [1.807, 2.05) is 44.2 Å². The first-order valence-corrected chi connectivity index (χ1v) is 7.73. The number of hydrogen-bond acceptors (Lipinski definition) is 4. The highest BCUT2D eigenvalue weighted by molar-refractivity contribution is 5.67. The molecule has 0 aromatic heterocycles. The number of benzene rings is 1. The predicted molar refractivity (Wildman–Crippen MR) is 81.1 cm³/mol. The molecule has 5 atom stereocenters. The maximum atomic E-state index is 11.1. The van der Waals surface area contributed by atoms with Gasteiger partial charge in [-0.3, -0.25) is 4.79 Å². The molecule has 0 saturated carbocycles. The first-order chi connectivity index (χ1) is 10.5. The third kappa shape index (κ3) is 4.06. The maximum absolute atomic E-state index is 11.1. The molecule has 0 spiro atoms. The van der Waals surface area contributed by atoms with Crippen LogP contribution < -0.4 is 0 Å². The van der Waals surface area contributed by atoms with Crippen molar-refractivity contribution in [3.8, 4) is 0 Å². The molecule has 1 fully saturated rings. The van der Waals surface area contributed by atoms with Crippen molar-refractivity contribution in [2.75, 3.05) is 0 Å². The van der Waals surface area contributed by atoms with E-state index in [4.69, 9.17) is 14.6 Å². The lowest BCUT2D eigenvalue weighted by Crippen LogP contribution is -2.51. The Kier molecular flexibility index (Phi) is 5.94. The Morgan fingerprint density at radius 2 is 2.00 bits per heavy atom. The van der Waals surface area contributed by atoms with Crippen molar-refractivity contribution in [3.63, 3.8) is 0 Å². The fourth-order valence-corrected chi connectivity index (χ4v) is 3.10. The maximum Gasteiger partial charge on any atom is 0.303 e. The summed E-state index contributed by atoms with van der Waals surface area (Å²) in [6, 6.07) is 9.73. The van der Waals surface area contributed by atoms with E-state index in [1.165, 1.54) is 0 Å². The fraction of sp³-hybridized carbons (Fsp3) is 0.588. The highest BCUT2D eigenvalue weighted by Crippen LogP contribution is 2.35. The lowest BCUT2D eigenvalue weighted by Gasteiger charge is -2.43. The van der Waals surface area contributed by atoms with Crippen LogP contribution in [0.4, 0.5) is 0 Å². The molecule has 1 aliphatic heterocycles. The van der Waals surface area contributed by atoms with Crippen molar-refractivity contribution < 1.29 is 24.5 Å². The molecule has 2 N–H and O–H groups in total. The van der Waals surface area contributed by atoms with Crippen molar-refractivity contribution >= 4 is 5.97 Å². The fourth-order valence-electron chi connectivity index (χ4n) is 3.10. The minimum absolute atomic E-state index is 0.0291. The first-order valence-electron chi connectivity index (χ1n) is 7.73. The number of ether oxygens (including phenoxy) is 2. The molecule has 1 unspecified atom stereocenters. The van der Waals surface area contributed by atoms with Gasteiger partial charge in [0.2, 0.25) is 0 Å². The summed E-state index contributed by atoms with van der Waals surface area (Å²) in [4.78, 5) is 11.1. The molecule has 0 bridgehead atoms. The van der Waals surface area contributed by atoms with Gasteiger partial charge in [-0.1, -0.05) is 44.2 Å². The molecule has 122 valence electrons. The van der Waals surface area contributed by atoms with E-state index in [0.29, 0.717) is 6.61 Å². The Morgan fingerprint density at radius 1 is 1.32 bits per heavy atom. The standard InChI is InChI=1S/C17H24O5/c1-3-14-11(2)16(13(9-15(18)19)17(20)22-14)21-10-12-7-5-4-6-8-12/h4-8,11,13-14,16-17,20H,3,9-10H2,1-2H3,(H,18,19)/t11-,13+,14+,16-,17?/m0/s1. The van der Waals surface area contributed by atoms with Crippen LogP contribution in [0.25, 0.3) is 0 Å². The monoisotopic (exact) mass is 308 g/mol. The van der Waals surface area contributed by atoms with E-state index in [0.717, 1.165) is 12.0 Å². The lowest BCUT2D eigenvalue weighted by molar-refractivity contribution is -0.258. The second kappa shape index (κ2) is 7.72. The predicted octanol–water partition coefficient (Wildman–Crippen LogP) is 2.43. The van der Waals surface area contributed by atoms with Gasteiger partial charge in [-0.15, -0.1) is 0 Å². The normalized spacial score (nSPS) is 31.9. The molecule has 2 rings (SSSR count). The minimum atomic E-state index is -1.10. The van der Waals surface area contributed by atoms with Gasteiger partial charge in [0, 0.05) is 11.8 Å². The van der Waals surface area contributed by atoms with Crippen LogP contribution >= 0.6 is 0 Å². The van der Waals surface area contributed by atoms with Crippen LogP contribution in [0.2, 0.25) is 0 Å². The zero-order chi connectivity index (χ0) is 16.1. The molecule has 5 nitrogen and oxygen atoms in total. The van der Waals surface area contributed by atoms with E-state index >= 15 is 0 Å². The summed E-state index contributed by atoms with van der Waals surface area (Å²) in [6.45, 7) is 4.37. The average molecular weight is 308 g/mol. The van der Waals surface area contributed by atoms with Crippen LogP contribution in [0.1, 0.15) is 32.3 Å². The molecule has 0 aliphatic carbocycles. The van der Waals surface area contributed by atoms with Gasteiger partial charge in [-0.25, -0.2) is 0 Å². The largest absolute Gasteiger partial charge is 0.481 e. The summed E-state index contributed by atoms with van der Waals surface area (Å²) in [5, 5.41) is 19.2. The van der Waals surface area contributed by atoms with E-state index in [1.54, 1.807) is 0 Å². The molecule has 22 heavy (non-hydrogen) atoms. The molecule has 0 radical (unpaired) electrons. The van der Waals surface area contributed by atoms with Gasteiger partial charge in [0.15, 0.2) is 6.29 Å². The lowest BCUT2D eigenvalue weighted by atomic mass is 9.82. The van der Waals surface area contributed by atoms with Gasteiger partial charge in [-0.2, -0.15) is 0 Å². The second-order valence-corrected chi connectivity index (χ2v) is 5.86. The third-order valence-corrected chi connectivity index (χ3v) is 4.31. The number of carboxylic acid groups (broad SMARTS) is 1. The van der Waals surface area contributed by atoms with E-state index in [-0.39, 0.29) is 24.5 Å². The molecule has 1 aromatic rings. The Morgan fingerprint density at radius 3 is 2.59 bits per heavy atom. The van der Waals surface area contributed by atoms with Gasteiger partial charge in [-0.05, 0) is 12.0 Å². The number of hydrogen-bond donors (Lipinski definition) is 2. The average Bonchev–Trinajstić information content (AvgIpc) is 2.50.